The largest absolute Gasteiger partial charge is 0.326 e. The first-order valence-electron chi connectivity index (χ1n) is 1.83. The molecule has 42 valence electrons. The molecule has 4 N–H and O–H groups in total. The molecule has 0 aromatic carbocycles. The van der Waals surface area contributed by atoms with Crippen LogP contribution in [0.5, 0.6) is 0 Å². The molecule has 0 aliphatic heterocycles. The third kappa shape index (κ3) is 2.33. The lowest BCUT2D eigenvalue weighted by Crippen LogP contribution is -2.27. The minimum absolute atomic E-state index is 0.625. The van der Waals surface area contributed by atoms with Crippen molar-refractivity contribution >= 4 is 16.9 Å². The minimum atomic E-state index is 0.625. The van der Waals surface area contributed by atoms with Crippen LogP contribution in [0.4, 0.5) is 0 Å². The van der Waals surface area contributed by atoms with Crippen molar-refractivity contribution in [3.05, 3.63) is 0 Å². The van der Waals surface area contributed by atoms with E-state index in [0.717, 1.165) is 0 Å². The fourth-order valence-electron chi connectivity index (χ4n) is 0.144. The van der Waals surface area contributed by atoms with Crippen LogP contribution in [0.3, 0.4) is 0 Å². The molecule has 0 unspecified atom stereocenters. The van der Waals surface area contributed by atoms with Gasteiger partial charge < -0.3 is 0 Å². The lowest BCUT2D eigenvalue weighted by molar-refractivity contribution is -0.507. The van der Waals surface area contributed by atoms with Gasteiger partial charge in [-0.2, -0.15) is 4.68 Å². The first-order valence-corrected chi connectivity index (χ1v) is 3.05. The van der Waals surface area contributed by atoms with Gasteiger partial charge in [0.15, 0.2) is 0 Å². The van der Waals surface area contributed by atoms with E-state index < -0.39 is 0 Å². The molecule has 0 aromatic rings. The highest BCUT2D eigenvalue weighted by Gasteiger charge is 1.93. The molecule has 0 saturated carbocycles. The third-order valence-corrected chi connectivity index (χ3v) is 1.26. The van der Waals surface area contributed by atoms with Gasteiger partial charge in [0.1, 0.15) is 7.05 Å². The van der Waals surface area contributed by atoms with Crippen molar-refractivity contribution < 1.29 is 4.68 Å². The summed E-state index contributed by atoms with van der Waals surface area (Å²) < 4.78 is 1.38. The zero-order valence-electron chi connectivity index (χ0n) is 4.51. The number of thioether (sulfide) groups is 1. The topological polar surface area (TPSA) is 55.0 Å². The highest BCUT2D eigenvalue weighted by Crippen LogP contribution is 1.85. The Kier molecular flexibility index (Phi) is 2.59. The number of hydrogen-bond acceptors (Lipinski definition) is 2. The number of hydrazine groups is 1. The molecule has 4 heteroatoms. The van der Waals surface area contributed by atoms with Crippen LogP contribution in [0.25, 0.3) is 0 Å². The Morgan fingerprint density at radius 2 is 2.14 bits per heavy atom. The standard InChI is InChI=1S/C3H9N3S/c1-6(5)3(4)7-2/h4H,5H2,1-2H3/p+1. The summed E-state index contributed by atoms with van der Waals surface area (Å²) in [6.45, 7) is 0. The second-order valence-electron chi connectivity index (χ2n) is 1.15. The summed E-state index contributed by atoms with van der Waals surface area (Å²) in [5.41, 5.74) is 5.30. The molecule has 0 spiro atoms. The Morgan fingerprint density at radius 3 is 2.14 bits per heavy atom. The van der Waals surface area contributed by atoms with Gasteiger partial charge in [0, 0.05) is 0 Å². The maximum atomic E-state index is 5.30. The van der Waals surface area contributed by atoms with Gasteiger partial charge in [-0.15, -0.1) is 0 Å². The summed E-state index contributed by atoms with van der Waals surface area (Å²) in [6, 6.07) is 0. The maximum Gasteiger partial charge on any atom is 0.326 e. The Hall–Kier alpha value is -0.380. The van der Waals surface area contributed by atoms with Crippen LogP contribution in [0.15, 0.2) is 0 Å². The summed E-state index contributed by atoms with van der Waals surface area (Å²) in [7, 11) is 1.70. The Bertz CT molecular complexity index is 84.2. The van der Waals surface area contributed by atoms with Gasteiger partial charge in [-0.1, -0.05) is 0 Å². The number of hydrazone groups is 1. The summed E-state index contributed by atoms with van der Waals surface area (Å²) in [5.74, 6) is 5.20. The lowest BCUT2D eigenvalue weighted by atomic mass is 11.2. The van der Waals surface area contributed by atoms with Crippen molar-refractivity contribution in [3.63, 3.8) is 0 Å². The SMILES string of the molecule is CS/C(N)=[N+](/C)N. The number of nitrogens with zero attached hydrogens (tertiary/aromatic N) is 1. The minimum Gasteiger partial charge on any atom is -0.280 e. The molecule has 0 fully saturated rings. The van der Waals surface area contributed by atoms with Gasteiger partial charge in [-0.05, 0) is 18.0 Å². The van der Waals surface area contributed by atoms with Gasteiger partial charge in [-0.25, -0.2) is 0 Å². The average molecular weight is 120 g/mol. The Labute approximate surface area is 47.3 Å². The fraction of sp³-hybridized carbons (Fsp3) is 0.667. The van der Waals surface area contributed by atoms with Gasteiger partial charge in [-0.3, -0.25) is 11.6 Å². The number of amidine groups is 1. The molecular weight excluding hydrogens is 110 g/mol. The van der Waals surface area contributed by atoms with Crippen LogP contribution in [0.1, 0.15) is 0 Å². The Morgan fingerprint density at radius 1 is 1.71 bits per heavy atom. The highest BCUT2D eigenvalue weighted by molar-refractivity contribution is 8.12. The van der Waals surface area contributed by atoms with E-state index in [1.165, 1.54) is 16.4 Å². The predicted octanol–water partition coefficient (Wildman–Crippen LogP) is -0.820. The fourth-order valence-corrected chi connectivity index (χ4v) is 0.432. The normalized spacial score (nSPS) is 13.4. The van der Waals surface area contributed by atoms with Crippen LogP contribution >= 0.6 is 11.8 Å². The van der Waals surface area contributed by atoms with Crippen molar-refractivity contribution in [1.29, 1.82) is 0 Å². The molecule has 0 atom stereocenters. The van der Waals surface area contributed by atoms with Gasteiger partial charge in [0.05, 0.1) is 0 Å². The van der Waals surface area contributed by atoms with E-state index in [1.54, 1.807) is 7.05 Å². The molecule has 0 aliphatic rings. The summed E-state index contributed by atoms with van der Waals surface area (Å²) in [4.78, 5) is 0. The maximum absolute atomic E-state index is 5.30. The predicted molar refractivity (Wildman–Crippen MR) is 33.1 cm³/mol. The van der Waals surface area contributed by atoms with E-state index in [0.29, 0.717) is 5.17 Å². The monoisotopic (exact) mass is 120 g/mol. The second kappa shape index (κ2) is 2.74. The van der Waals surface area contributed by atoms with E-state index in [9.17, 15) is 0 Å². The smallest absolute Gasteiger partial charge is 0.280 e. The molecule has 0 saturated heterocycles. The van der Waals surface area contributed by atoms with Gasteiger partial charge in [0.25, 0.3) is 0 Å². The van der Waals surface area contributed by atoms with E-state index in [4.69, 9.17) is 11.6 Å². The summed E-state index contributed by atoms with van der Waals surface area (Å²) >= 11 is 1.43. The molecule has 0 aliphatic carbocycles. The lowest BCUT2D eigenvalue weighted by Gasteiger charge is -1.89. The molecule has 0 amide bonds. The second-order valence-corrected chi connectivity index (χ2v) is 1.98. The molecule has 0 bridgehead atoms. The molecule has 0 rings (SSSR count). The number of hydrogen-bond donors (Lipinski definition) is 2. The van der Waals surface area contributed by atoms with Crippen molar-refractivity contribution in [2.45, 2.75) is 0 Å². The van der Waals surface area contributed by atoms with Crippen molar-refractivity contribution in [3.8, 4) is 0 Å². The first kappa shape index (κ1) is 6.62. The average Bonchev–Trinajstić information content (AvgIpc) is 1.65. The van der Waals surface area contributed by atoms with E-state index in [-0.39, 0.29) is 0 Å². The third-order valence-electron chi connectivity index (χ3n) is 0.557. The van der Waals surface area contributed by atoms with Gasteiger partial charge >= 0.3 is 5.17 Å². The van der Waals surface area contributed by atoms with E-state index in [1.807, 2.05) is 6.26 Å². The van der Waals surface area contributed by atoms with Crippen molar-refractivity contribution in [1.82, 2.24) is 0 Å². The van der Waals surface area contributed by atoms with E-state index in [2.05, 4.69) is 0 Å². The molecule has 0 radical (unpaired) electrons. The molecule has 7 heavy (non-hydrogen) atoms. The molecule has 0 heterocycles. The molecule has 3 nitrogen and oxygen atoms in total. The van der Waals surface area contributed by atoms with Crippen LogP contribution in [0.2, 0.25) is 0 Å². The van der Waals surface area contributed by atoms with Crippen LogP contribution in [-0.4, -0.2) is 23.2 Å². The zero-order chi connectivity index (χ0) is 5.86. The van der Waals surface area contributed by atoms with Crippen molar-refractivity contribution in [2.75, 3.05) is 13.3 Å². The van der Waals surface area contributed by atoms with Crippen LogP contribution in [0, 0.1) is 0 Å². The van der Waals surface area contributed by atoms with Crippen LogP contribution < -0.4 is 11.6 Å². The molecule has 0 aromatic heterocycles. The number of nitrogens with two attached hydrogens (primary N) is 2. The van der Waals surface area contributed by atoms with Crippen LogP contribution in [-0.2, 0) is 0 Å². The zero-order valence-corrected chi connectivity index (χ0v) is 5.33. The first-order chi connectivity index (χ1) is 3.18. The summed E-state index contributed by atoms with van der Waals surface area (Å²) in [5, 5.41) is 0.625. The van der Waals surface area contributed by atoms with E-state index >= 15 is 0 Å². The molecular formula is C3H10N3S+. The Balaban J connectivity index is 3.72. The van der Waals surface area contributed by atoms with Crippen molar-refractivity contribution in [2.24, 2.45) is 11.6 Å². The highest BCUT2D eigenvalue weighted by atomic mass is 32.2. The quantitative estimate of drug-likeness (QED) is 0.144. The number of rotatable bonds is 0. The summed E-state index contributed by atoms with van der Waals surface area (Å²) in [6.07, 6.45) is 1.87. The van der Waals surface area contributed by atoms with Gasteiger partial charge in [0.2, 0.25) is 0 Å².